The molecule has 0 radical (unpaired) electrons. The molecule has 0 saturated carbocycles. The lowest BCUT2D eigenvalue weighted by atomic mass is 9.94. The summed E-state index contributed by atoms with van der Waals surface area (Å²) in [5.41, 5.74) is 2.47. The van der Waals surface area contributed by atoms with E-state index in [0.29, 0.717) is 12.4 Å². The standard InChI is InChI=1S/C20H30N6O/c1-16-21-20(23-27-16)15-24(2)13-18-11-19-14-25(9-6-10-26(19)22-18)12-17-7-4-3-5-8-17/h3-4,11,17H,5-10,12-15H2,1-2H3. The third kappa shape index (κ3) is 4.84. The summed E-state index contributed by atoms with van der Waals surface area (Å²) in [5.74, 6) is 2.15. The number of rotatable bonds is 6. The molecule has 1 aliphatic heterocycles. The third-order valence-corrected chi connectivity index (χ3v) is 5.45. The second-order valence-electron chi connectivity index (χ2n) is 7.99. The number of fused-ring (bicyclic) bond motifs is 1. The normalized spacial score (nSPS) is 20.8. The van der Waals surface area contributed by atoms with E-state index >= 15 is 0 Å². The molecule has 146 valence electrons. The zero-order chi connectivity index (χ0) is 18.6. The van der Waals surface area contributed by atoms with Crippen molar-refractivity contribution in [2.45, 2.75) is 58.8 Å². The summed E-state index contributed by atoms with van der Waals surface area (Å²) in [7, 11) is 2.07. The Kier molecular flexibility index (Phi) is 5.69. The molecule has 3 heterocycles. The van der Waals surface area contributed by atoms with Gasteiger partial charge in [0.25, 0.3) is 0 Å². The monoisotopic (exact) mass is 370 g/mol. The first-order valence-corrected chi connectivity index (χ1v) is 10.1. The van der Waals surface area contributed by atoms with E-state index in [1.165, 1.54) is 44.5 Å². The minimum Gasteiger partial charge on any atom is -0.340 e. The highest BCUT2D eigenvalue weighted by Gasteiger charge is 2.20. The van der Waals surface area contributed by atoms with E-state index in [-0.39, 0.29) is 0 Å². The van der Waals surface area contributed by atoms with Crippen LogP contribution in [0.25, 0.3) is 0 Å². The lowest BCUT2D eigenvalue weighted by molar-refractivity contribution is 0.218. The molecule has 4 rings (SSSR count). The lowest BCUT2D eigenvalue weighted by Crippen LogP contribution is -2.29. The summed E-state index contributed by atoms with van der Waals surface area (Å²) >= 11 is 0. The van der Waals surface area contributed by atoms with Crippen molar-refractivity contribution in [2.75, 3.05) is 20.1 Å². The minimum absolute atomic E-state index is 0.612. The van der Waals surface area contributed by atoms with Crippen molar-refractivity contribution in [1.82, 2.24) is 29.7 Å². The van der Waals surface area contributed by atoms with Crippen LogP contribution in [0.5, 0.6) is 0 Å². The van der Waals surface area contributed by atoms with Crippen LogP contribution in [0.15, 0.2) is 22.7 Å². The first-order valence-electron chi connectivity index (χ1n) is 10.1. The molecule has 7 nitrogen and oxygen atoms in total. The number of hydrogen-bond acceptors (Lipinski definition) is 6. The molecule has 2 aliphatic rings. The maximum absolute atomic E-state index is 5.05. The molecule has 0 fully saturated rings. The van der Waals surface area contributed by atoms with Gasteiger partial charge in [0, 0.05) is 39.6 Å². The van der Waals surface area contributed by atoms with Crippen LogP contribution in [0.3, 0.4) is 0 Å². The highest BCUT2D eigenvalue weighted by Crippen LogP contribution is 2.22. The highest BCUT2D eigenvalue weighted by molar-refractivity contribution is 5.11. The molecule has 0 aromatic carbocycles. The first kappa shape index (κ1) is 18.4. The Morgan fingerprint density at radius 3 is 2.96 bits per heavy atom. The van der Waals surface area contributed by atoms with Gasteiger partial charge in [-0.3, -0.25) is 14.5 Å². The quantitative estimate of drug-likeness (QED) is 0.729. The highest BCUT2D eigenvalue weighted by atomic mass is 16.5. The molecule has 2 aromatic heterocycles. The SMILES string of the molecule is Cc1nc(CN(C)Cc2cc3n(n2)CCCN(CC2CC=CCC2)C3)no1. The predicted octanol–water partition coefficient (Wildman–Crippen LogP) is 2.77. The summed E-state index contributed by atoms with van der Waals surface area (Å²) in [5, 5.41) is 8.83. The van der Waals surface area contributed by atoms with E-state index in [2.05, 4.69) is 49.9 Å². The van der Waals surface area contributed by atoms with E-state index in [1.807, 2.05) is 6.92 Å². The number of hydrogen-bond donors (Lipinski definition) is 0. The molecule has 0 saturated heterocycles. The molecule has 1 unspecified atom stereocenters. The maximum Gasteiger partial charge on any atom is 0.223 e. The van der Waals surface area contributed by atoms with E-state index in [4.69, 9.17) is 9.62 Å². The van der Waals surface area contributed by atoms with Crippen molar-refractivity contribution in [2.24, 2.45) is 5.92 Å². The van der Waals surface area contributed by atoms with Gasteiger partial charge in [0.2, 0.25) is 5.89 Å². The molecule has 7 heteroatoms. The van der Waals surface area contributed by atoms with E-state index < -0.39 is 0 Å². The zero-order valence-electron chi connectivity index (χ0n) is 16.5. The Bertz CT molecular complexity index is 779. The van der Waals surface area contributed by atoms with Crippen molar-refractivity contribution >= 4 is 0 Å². The van der Waals surface area contributed by atoms with Crippen molar-refractivity contribution < 1.29 is 4.52 Å². The third-order valence-electron chi connectivity index (χ3n) is 5.45. The minimum atomic E-state index is 0.612. The maximum atomic E-state index is 5.05. The smallest absolute Gasteiger partial charge is 0.223 e. The van der Waals surface area contributed by atoms with Crippen molar-refractivity contribution in [3.05, 3.63) is 41.3 Å². The summed E-state index contributed by atoms with van der Waals surface area (Å²) in [6.07, 6.45) is 9.67. The molecule has 1 atom stereocenters. The van der Waals surface area contributed by atoms with Gasteiger partial charge in [0.05, 0.1) is 17.9 Å². The van der Waals surface area contributed by atoms with Crippen LogP contribution >= 0.6 is 0 Å². The number of nitrogens with zero attached hydrogens (tertiary/aromatic N) is 6. The molecule has 1 aliphatic carbocycles. The summed E-state index contributed by atoms with van der Waals surface area (Å²) < 4.78 is 7.26. The second-order valence-corrected chi connectivity index (χ2v) is 7.99. The molecular weight excluding hydrogens is 340 g/mol. The Morgan fingerprint density at radius 1 is 1.26 bits per heavy atom. The molecule has 0 amide bonds. The van der Waals surface area contributed by atoms with Gasteiger partial charge in [-0.05, 0) is 44.7 Å². The van der Waals surface area contributed by atoms with Crippen LogP contribution in [-0.2, 0) is 26.2 Å². The second kappa shape index (κ2) is 8.35. The average Bonchev–Trinajstić information content (AvgIpc) is 3.16. The molecule has 0 spiro atoms. The van der Waals surface area contributed by atoms with Crippen LogP contribution in [0.4, 0.5) is 0 Å². The number of aryl methyl sites for hydroxylation is 2. The van der Waals surface area contributed by atoms with Gasteiger partial charge in [0.15, 0.2) is 5.82 Å². The first-order chi connectivity index (χ1) is 13.2. The average molecular weight is 371 g/mol. The Hall–Kier alpha value is -1.99. The van der Waals surface area contributed by atoms with Crippen LogP contribution < -0.4 is 0 Å². The fraction of sp³-hybridized carbons (Fsp3) is 0.650. The summed E-state index contributed by atoms with van der Waals surface area (Å²) in [6, 6.07) is 2.27. The zero-order valence-corrected chi connectivity index (χ0v) is 16.5. The van der Waals surface area contributed by atoms with E-state index in [0.717, 1.165) is 37.1 Å². The van der Waals surface area contributed by atoms with Gasteiger partial charge in [-0.15, -0.1) is 0 Å². The Labute approximate surface area is 161 Å². The predicted molar refractivity (Wildman–Crippen MR) is 103 cm³/mol. The van der Waals surface area contributed by atoms with Gasteiger partial charge in [-0.1, -0.05) is 17.3 Å². The van der Waals surface area contributed by atoms with Gasteiger partial charge < -0.3 is 4.52 Å². The molecule has 0 N–H and O–H groups in total. The molecule has 0 bridgehead atoms. The number of allylic oxidation sites excluding steroid dienone is 2. The van der Waals surface area contributed by atoms with E-state index in [9.17, 15) is 0 Å². The van der Waals surface area contributed by atoms with Crippen LogP contribution in [0, 0.1) is 12.8 Å². The van der Waals surface area contributed by atoms with E-state index in [1.54, 1.807) is 0 Å². The molecule has 27 heavy (non-hydrogen) atoms. The van der Waals surface area contributed by atoms with Gasteiger partial charge >= 0.3 is 0 Å². The Morgan fingerprint density at radius 2 is 2.19 bits per heavy atom. The molecule has 2 aromatic rings. The fourth-order valence-electron chi connectivity index (χ4n) is 4.19. The van der Waals surface area contributed by atoms with Crippen LogP contribution in [0.2, 0.25) is 0 Å². The lowest BCUT2D eigenvalue weighted by Gasteiger charge is -2.26. The van der Waals surface area contributed by atoms with Crippen molar-refractivity contribution in [3.8, 4) is 0 Å². The van der Waals surface area contributed by atoms with Crippen LogP contribution in [0.1, 0.15) is 48.8 Å². The summed E-state index contributed by atoms with van der Waals surface area (Å²) in [4.78, 5) is 9.08. The van der Waals surface area contributed by atoms with Crippen LogP contribution in [-0.4, -0.2) is 49.9 Å². The topological polar surface area (TPSA) is 63.2 Å². The van der Waals surface area contributed by atoms with Gasteiger partial charge in [-0.25, -0.2) is 0 Å². The number of aromatic nitrogens is 4. The van der Waals surface area contributed by atoms with Gasteiger partial charge in [-0.2, -0.15) is 10.1 Å². The Balaban J connectivity index is 1.35. The van der Waals surface area contributed by atoms with Crippen molar-refractivity contribution in [3.63, 3.8) is 0 Å². The largest absolute Gasteiger partial charge is 0.340 e. The van der Waals surface area contributed by atoms with Gasteiger partial charge in [0.1, 0.15) is 0 Å². The van der Waals surface area contributed by atoms with Crippen molar-refractivity contribution in [1.29, 1.82) is 0 Å². The fourth-order valence-corrected chi connectivity index (χ4v) is 4.19. The summed E-state index contributed by atoms with van der Waals surface area (Å²) in [6.45, 7) is 7.70. The molecular formula is C20H30N6O.